The van der Waals surface area contributed by atoms with Crippen molar-refractivity contribution >= 4 is 11.5 Å². The number of phenolic OH excluding ortho intramolecular Hbond substituents is 1. The predicted octanol–water partition coefficient (Wildman–Crippen LogP) is 5.59. The van der Waals surface area contributed by atoms with Crippen LogP contribution in [-0.2, 0) is 6.42 Å². The van der Waals surface area contributed by atoms with Crippen LogP contribution in [0.25, 0.3) is 0 Å². The van der Waals surface area contributed by atoms with Gasteiger partial charge in [0.1, 0.15) is 5.75 Å². The number of hydrogen-bond donors (Lipinski definition) is 1. The van der Waals surface area contributed by atoms with Crippen LogP contribution in [0.2, 0.25) is 0 Å². The first kappa shape index (κ1) is 20.0. The van der Waals surface area contributed by atoms with Gasteiger partial charge in [-0.2, -0.15) is 0 Å². The van der Waals surface area contributed by atoms with Gasteiger partial charge in [-0.05, 0) is 38.3 Å². The lowest BCUT2D eigenvalue weighted by Gasteiger charge is -2.24. The Morgan fingerprint density at radius 1 is 0.923 bits per heavy atom. The molecule has 0 aromatic heterocycles. The normalized spacial score (nSPS) is 10.7. The van der Waals surface area contributed by atoms with Crippen LogP contribution in [0, 0.1) is 0 Å². The van der Waals surface area contributed by atoms with Gasteiger partial charge in [-0.25, -0.2) is 0 Å². The fraction of sp³-hybridized carbons (Fsp3) is 0.435. The number of aryl methyl sites for hydroxylation is 1. The fourth-order valence-electron chi connectivity index (χ4n) is 3.38. The number of carbonyl (C=O) groups excluding carboxylic acids is 1. The van der Waals surface area contributed by atoms with Crippen LogP contribution < -0.4 is 4.90 Å². The van der Waals surface area contributed by atoms with E-state index < -0.39 is 0 Å². The highest BCUT2D eigenvalue weighted by molar-refractivity contribution is 6.12. The highest BCUT2D eigenvalue weighted by Crippen LogP contribution is 2.35. The first-order chi connectivity index (χ1) is 12.6. The second-order valence-electron chi connectivity index (χ2n) is 6.65. The van der Waals surface area contributed by atoms with Crippen molar-refractivity contribution in [1.82, 2.24) is 0 Å². The fourth-order valence-corrected chi connectivity index (χ4v) is 3.38. The van der Waals surface area contributed by atoms with E-state index in [1.165, 1.54) is 12.8 Å². The standard InChI is InChI=1S/C23H31NO2/c1-4-7-8-10-13-18-16-17-20(24(5-2)6-3)23(26)21(18)22(25)19-14-11-9-12-15-19/h9,11-12,14-17,26H,4-8,10,13H2,1-3H3. The molecule has 2 rings (SSSR count). The molecule has 0 saturated carbocycles. The Morgan fingerprint density at radius 2 is 1.62 bits per heavy atom. The van der Waals surface area contributed by atoms with Gasteiger partial charge in [0.05, 0.1) is 11.3 Å². The van der Waals surface area contributed by atoms with Gasteiger partial charge in [-0.1, -0.05) is 62.6 Å². The van der Waals surface area contributed by atoms with Crippen molar-refractivity contribution < 1.29 is 9.90 Å². The number of aromatic hydroxyl groups is 1. The number of nitrogens with zero attached hydrogens (tertiary/aromatic N) is 1. The van der Waals surface area contributed by atoms with Crippen molar-refractivity contribution in [3.63, 3.8) is 0 Å². The quantitative estimate of drug-likeness (QED) is 0.447. The minimum atomic E-state index is -0.0948. The molecule has 140 valence electrons. The highest BCUT2D eigenvalue weighted by Gasteiger charge is 2.22. The second kappa shape index (κ2) is 10.0. The minimum Gasteiger partial charge on any atom is -0.505 e. The lowest BCUT2D eigenvalue weighted by atomic mass is 9.93. The van der Waals surface area contributed by atoms with Gasteiger partial charge in [0.25, 0.3) is 0 Å². The Bertz CT molecular complexity index is 706. The molecule has 3 nitrogen and oxygen atoms in total. The molecule has 0 unspecified atom stereocenters. The zero-order chi connectivity index (χ0) is 18.9. The molecule has 0 radical (unpaired) electrons. The van der Waals surface area contributed by atoms with Crippen molar-refractivity contribution in [3.05, 3.63) is 59.2 Å². The first-order valence-corrected chi connectivity index (χ1v) is 9.83. The monoisotopic (exact) mass is 353 g/mol. The van der Waals surface area contributed by atoms with E-state index in [9.17, 15) is 9.90 Å². The molecule has 0 amide bonds. The van der Waals surface area contributed by atoms with Gasteiger partial charge in [0, 0.05) is 18.7 Å². The van der Waals surface area contributed by atoms with Gasteiger partial charge >= 0.3 is 0 Å². The number of unbranched alkanes of at least 4 members (excludes halogenated alkanes) is 3. The number of phenols is 1. The average Bonchev–Trinajstić information content (AvgIpc) is 2.68. The lowest BCUT2D eigenvalue weighted by molar-refractivity contribution is 0.103. The SMILES string of the molecule is CCCCCCc1ccc(N(CC)CC)c(O)c1C(=O)c1ccccc1. The van der Waals surface area contributed by atoms with Gasteiger partial charge in [0.15, 0.2) is 5.78 Å². The molecular weight excluding hydrogens is 322 g/mol. The third kappa shape index (κ3) is 4.66. The molecule has 0 fully saturated rings. The van der Waals surface area contributed by atoms with Crippen LogP contribution in [0.4, 0.5) is 5.69 Å². The molecule has 0 spiro atoms. The number of rotatable bonds is 10. The molecule has 0 heterocycles. The smallest absolute Gasteiger partial charge is 0.197 e. The summed E-state index contributed by atoms with van der Waals surface area (Å²) in [6, 6.07) is 13.2. The third-order valence-electron chi connectivity index (χ3n) is 4.91. The highest BCUT2D eigenvalue weighted by atomic mass is 16.3. The number of ketones is 1. The first-order valence-electron chi connectivity index (χ1n) is 9.83. The summed E-state index contributed by atoms with van der Waals surface area (Å²) in [6.45, 7) is 7.88. The van der Waals surface area contributed by atoms with E-state index in [0.717, 1.165) is 43.6 Å². The molecule has 26 heavy (non-hydrogen) atoms. The molecular formula is C23H31NO2. The summed E-state index contributed by atoms with van der Waals surface area (Å²) in [6.07, 6.45) is 5.38. The van der Waals surface area contributed by atoms with E-state index in [4.69, 9.17) is 0 Å². The van der Waals surface area contributed by atoms with E-state index >= 15 is 0 Å². The molecule has 2 aromatic rings. The molecule has 0 aliphatic heterocycles. The minimum absolute atomic E-state index is 0.0948. The van der Waals surface area contributed by atoms with Crippen LogP contribution in [0.3, 0.4) is 0 Å². The number of anilines is 1. The van der Waals surface area contributed by atoms with E-state index in [1.807, 2.05) is 42.5 Å². The Morgan fingerprint density at radius 3 is 2.23 bits per heavy atom. The molecule has 2 aromatic carbocycles. The van der Waals surface area contributed by atoms with Gasteiger partial charge in [-0.15, -0.1) is 0 Å². The van der Waals surface area contributed by atoms with Crippen LogP contribution in [0.5, 0.6) is 5.75 Å². The maximum Gasteiger partial charge on any atom is 0.197 e. The van der Waals surface area contributed by atoms with E-state index in [0.29, 0.717) is 11.1 Å². The summed E-state index contributed by atoms with van der Waals surface area (Å²) in [7, 11) is 0. The summed E-state index contributed by atoms with van der Waals surface area (Å²) in [5.41, 5.74) is 2.78. The van der Waals surface area contributed by atoms with Crippen molar-refractivity contribution in [2.24, 2.45) is 0 Å². The molecule has 0 atom stereocenters. The van der Waals surface area contributed by atoms with Crippen molar-refractivity contribution in [2.45, 2.75) is 52.9 Å². The second-order valence-corrected chi connectivity index (χ2v) is 6.65. The Labute approximate surface area is 157 Å². The molecule has 3 heteroatoms. The molecule has 0 aliphatic rings. The summed E-state index contributed by atoms with van der Waals surface area (Å²) in [4.78, 5) is 15.2. The van der Waals surface area contributed by atoms with Gasteiger partial charge < -0.3 is 10.0 Å². The molecule has 0 bridgehead atoms. The number of hydrogen-bond acceptors (Lipinski definition) is 3. The lowest BCUT2D eigenvalue weighted by Crippen LogP contribution is -2.22. The average molecular weight is 354 g/mol. The molecule has 0 aliphatic carbocycles. The summed E-state index contributed by atoms with van der Waals surface area (Å²) < 4.78 is 0. The van der Waals surface area contributed by atoms with Crippen LogP contribution in [0.1, 0.15) is 67.9 Å². The topological polar surface area (TPSA) is 40.5 Å². The van der Waals surface area contributed by atoms with E-state index in [2.05, 4.69) is 25.7 Å². The summed E-state index contributed by atoms with van der Waals surface area (Å²) >= 11 is 0. The Kier molecular flexibility index (Phi) is 7.71. The zero-order valence-electron chi connectivity index (χ0n) is 16.3. The van der Waals surface area contributed by atoms with Crippen molar-refractivity contribution in [1.29, 1.82) is 0 Å². The van der Waals surface area contributed by atoms with Crippen LogP contribution in [0.15, 0.2) is 42.5 Å². The van der Waals surface area contributed by atoms with Gasteiger partial charge in [0.2, 0.25) is 0 Å². The van der Waals surface area contributed by atoms with Crippen LogP contribution >= 0.6 is 0 Å². The predicted molar refractivity (Wildman–Crippen MR) is 109 cm³/mol. The summed E-state index contributed by atoms with van der Waals surface area (Å²) in [5, 5.41) is 11.0. The largest absolute Gasteiger partial charge is 0.505 e. The van der Waals surface area contributed by atoms with E-state index in [1.54, 1.807) is 0 Å². The van der Waals surface area contributed by atoms with Crippen molar-refractivity contribution in [3.8, 4) is 5.75 Å². The van der Waals surface area contributed by atoms with Crippen molar-refractivity contribution in [2.75, 3.05) is 18.0 Å². The number of benzene rings is 2. The summed E-state index contributed by atoms with van der Waals surface area (Å²) in [5.74, 6) is 0.0261. The Balaban J connectivity index is 2.44. The molecule has 1 N–H and O–H groups in total. The van der Waals surface area contributed by atoms with Crippen LogP contribution in [-0.4, -0.2) is 24.0 Å². The number of carbonyl (C=O) groups is 1. The van der Waals surface area contributed by atoms with E-state index in [-0.39, 0.29) is 11.5 Å². The maximum atomic E-state index is 13.1. The zero-order valence-corrected chi connectivity index (χ0v) is 16.3. The maximum absolute atomic E-state index is 13.1. The van der Waals surface area contributed by atoms with Gasteiger partial charge in [-0.3, -0.25) is 4.79 Å². The third-order valence-corrected chi connectivity index (χ3v) is 4.91. The molecule has 0 saturated heterocycles. The Hall–Kier alpha value is -2.29.